The quantitative estimate of drug-likeness (QED) is 0.0473. The minimum absolute atomic E-state index is 0.0203. The Morgan fingerprint density at radius 2 is 1.27 bits per heavy atom. The van der Waals surface area contributed by atoms with E-state index in [-0.39, 0.29) is 39.7 Å². The van der Waals surface area contributed by atoms with Gasteiger partial charge in [0.1, 0.15) is 33.8 Å². The van der Waals surface area contributed by atoms with Crippen LogP contribution in [-0.2, 0) is 10.0 Å². The number of nitrogens with one attached hydrogen (secondary N) is 8. The van der Waals surface area contributed by atoms with Crippen molar-refractivity contribution in [1.82, 2.24) is 34.9 Å². The third-order valence-corrected chi connectivity index (χ3v) is 14.6. The van der Waals surface area contributed by atoms with Gasteiger partial charge in [-0.3, -0.25) is 30.4 Å². The molecule has 8 rings (SSSR count). The summed E-state index contributed by atoms with van der Waals surface area (Å²) in [5, 5.41) is 40.0. The number of nitrogens with zero attached hydrogens (tertiary/aromatic N) is 7. The number of hydrogen-bond donors (Lipinski definition) is 8. The third-order valence-electron chi connectivity index (χ3n) is 11.0. The van der Waals surface area contributed by atoms with E-state index in [0.717, 1.165) is 47.5 Å². The molecule has 2 aliphatic rings. The summed E-state index contributed by atoms with van der Waals surface area (Å²) in [7, 11) is -0.596. The number of amides is 2. The highest BCUT2D eigenvalue weighted by molar-refractivity contribution is 7.89. The minimum Gasteiger partial charge on any atom is -0.492 e. The van der Waals surface area contributed by atoms with Crippen LogP contribution in [0.25, 0.3) is 0 Å². The van der Waals surface area contributed by atoms with Gasteiger partial charge in [-0.1, -0.05) is 0 Å². The molecule has 20 nitrogen and oxygen atoms in total. The van der Waals surface area contributed by atoms with Crippen molar-refractivity contribution >= 4 is 90.1 Å². The lowest BCUT2D eigenvalue weighted by molar-refractivity contribution is 0.101. The first kappa shape index (κ1) is 49.0. The van der Waals surface area contributed by atoms with Gasteiger partial charge < -0.3 is 46.4 Å². The van der Waals surface area contributed by atoms with Gasteiger partial charge in [-0.15, -0.1) is 22.7 Å². The Morgan fingerprint density at radius 3 is 1.81 bits per heavy atom. The summed E-state index contributed by atoms with van der Waals surface area (Å²) in [6, 6.07) is 17.5. The largest absolute Gasteiger partial charge is 0.492 e. The van der Waals surface area contributed by atoms with Crippen molar-refractivity contribution < 1.29 is 22.7 Å². The number of hydrogen-bond acceptors (Lipinski definition) is 19. The van der Waals surface area contributed by atoms with Gasteiger partial charge >= 0.3 is 0 Å². The van der Waals surface area contributed by atoms with Crippen LogP contribution < -0.4 is 46.4 Å². The van der Waals surface area contributed by atoms with Gasteiger partial charge in [0.05, 0.1) is 57.5 Å². The SMILES string of the molecule is CN(C)S(=O)(=O)c1ccc(N/C=C\C(=N)c2nc(C(=O)Nc3cnccc3N3CCNC(COc4ccc(N/C=C\C(=N)c5nc(C(=O)Nc6cnccc6N6CCNCC6)cs5)cc4)C3)cs2)cc1. The maximum atomic E-state index is 13.4. The molecule has 1 unspecified atom stereocenters. The van der Waals surface area contributed by atoms with Crippen molar-refractivity contribution in [3.05, 3.63) is 142 Å². The van der Waals surface area contributed by atoms with Gasteiger partial charge in [0.2, 0.25) is 10.0 Å². The maximum Gasteiger partial charge on any atom is 0.275 e. The number of rotatable bonds is 19. The lowest BCUT2D eigenvalue weighted by atomic mass is 10.2. The van der Waals surface area contributed by atoms with Crippen LogP contribution in [0.3, 0.4) is 0 Å². The zero-order valence-electron chi connectivity index (χ0n) is 38.2. The molecule has 6 heterocycles. The van der Waals surface area contributed by atoms with Crippen LogP contribution in [0.1, 0.15) is 31.0 Å². The number of sulfonamides is 1. The lowest BCUT2D eigenvalue weighted by Crippen LogP contribution is -2.53. The van der Waals surface area contributed by atoms with Gasteiger partial charge in [0.15, 0.2) is 0 Å². The van der Waals surface area contributed by atoms with Crippen LogP contribution in [0.5, 0.6) is 5.75 Å². The second-order valence-electron chi connectivity index (χ2n) is 16.0. The van der Waals surface area contributed by atoms with Crippen LogP contribution in [0, 0.1) is 10.8 Å². The predicted octanol–water partition coefficient (Wildman–Crippen LogP) is 5.40. The molecule has 2 aromatic carbocycles. The molecule has 2 saturated heterocycles. The second kappa shape index (κ2) is 22.8. The van der Waals surface area contributed by atoms with Crippen molar-refractivity contribution in [1.29, 1.82) is 10.8 Å². The molecule has 0 saturated carbocycles. The Bertz CT molecular complexity index is 2990. The molecule has 362 valence electrons. The Balaban J connectivity index is 0.780. The zero-order chi connectivity index (χ0) is 49.0. The highest BCUT2D eigenvalue weighted by atomic mass is 32.2. The van der Waals surface area contributed by atoms with E-state index in [1.165, 1.54) is 55.0 Å². The normalized spacial score (nSPS) is 15.3. The number of benzene rings is 2. The lowest BCUT2D eigenvalue weighted by Gasteiger charge is -2.36. The van der Waals surface area contributed by atoms with Crippen LogP contribution >= 0.6 is 22.7 Å². The average Bonchev–Trinajstić information content (AvgIpc) is 4.10. The number of ether oxygens (including phenoxy) is 1. The molecule has 0 radical (unpaired) electrons. The summed E-state index contributed by atoms with van der Waals surface area (Å²) in [6.07, 6.45) is 12.9. The van der Waals surface area contributed by atoms with E-state index in [1.54, 1.807) is 66.2 Å². The van der Waals surface area contributed by atoms with Crippen molar-refractivity contribution in [2.24, 2.45) is 0 Å². The van der Waals surface area contributed by atoms with Gasteiger partial charge in [-0.2, -0.15) is 0 Å². The monoisotopic (exact) mass is 1000 g/mol. The topological polar surface area (TPSA) is 259 Å². The maximum absolute atomic E-state index is 13.4. The summed E-state index contributed by atoms with van der Waals surface area (Å²) in [5.41, 5.74) is 4.92. The molecule has 2 aliphatic heterocycles. The van der Waals surface area contributed by atoms with Crippen LogP contribution in [0.4, 0.5) is 34.1 Å². The smallest absolute Gasteiger partial charge is 0.275 e. The molecule has 2 amide bonds. The fourth-order valence-corrected chi connectivity index (χ4v) is 9.68. The van der Waals surface area contributed by atoms with Gasteiger partial charge in [0.25, 0.3) is 11.8 Å². The standard InChI is InChI=1S/C47H51N15O5S3/c1-60(2)70(65,66)35-9-5-32(6-10-35)54-18-12-37(49)47-59-41(30-69-47)45(64)57-39-26-52-16-14-43(39)62-24-21-55-33(27-62)28-67-34-7-3-31(4-8-34)53-17-11-36(48)46-58-40(29-68-46)44(63)56-38-25-51-15-13-42(38)61-22-19-50-20-23-61/h3-18,25-26,29-30,33,48-50,53-55H,19-24,27-28H2,1-2H3,(H,56,63)(H,57,64)/b17-11-,18-12-,48-36?,49-37?. The fraction of sp³-hybridized carbons (Fsp3) is 0.234. The molecule has 0 spiro atoms. The van der Waals surface area contributed by atoms with E-state index in [2.05, 4.69) is 61.6 Å². The predicted molar refractivity (Wildman–Crippen MR) is 276 cm³/mol. The number of aromatic nitrogens is 4. The summed E-state index contributed by atoms with van der Waals surface area (Å²) in [5.74, 6) is -0.109. The zero-order valence-corrected chi connectivity index (χ0v) is 40.6. The summed E-state index contributed by atoms with van der Waals surface area (Å²) in [6.45, 7) is 5.77. The fourth-order valence-electron chi connectivity index (χ4n) is 7.32. The Kier molecular flexibility index (Phi) is 16.0. The second-order valence-corrected chi connectivity index (χ2v) is 19.9. The molecule has 2 fully saturated rings. The van der Waals surface area contributed by atoms with Crippen molar-refractivity contribution in [3.63, 3.8) is 0 Å². The molecule has 4 aromatic heterocycles. The summed E-state index contributed by atoms with van der Waals surface area (Å²) < 4.78 is 32.0. The Labute approximate surface area is 413 Å². The molecule has 6 aromatic rings. The molecule has 0 aliphatic carbocycles. The van der Waals surface area contributed by atoms with Crippen molar-refractivity contribution in [3.8, 4) is 5.75 Å². The number of piperazine rings is 2. The molecule has 0 bridgehead atoms. The minimum atomic E-state index is -3.54. The molecule has 23 heteroatoms. The first-order valence-electron chi connectivity index (χ1n) is 22.1. The van der Waals surface area contributed by atoms with Gasteiger partial charge in [0, 0.05) is 107 Å². The van der Waals surface area contributed by atoms with E-state index in [0.29, 0.717) is 59.1 Å². The highest BCUT2D eigenvalue weighted by Crippen LogP contribution is 2.28. The molecule has 1 atom stereocenters. The molecular formula is C47H51N15O5S3. The Morgan fingerprint density at radius 1 is 0.757 bits per heavy atom. The van der Waals surface area contributed by atoms with E-state index in [1.807, 2.05) is 36.4 Å². The number of carbonyl (C=O) groups excluding carboxylic acids is 2. The first-order chi connectivity index (χ1) is 33.9. The van der Waals surface area contributed by atoms with Crippen molar-refractivity contribution in [2.75, 3.05) is 97.6 Å². The van der Waals surface area contributed by atoms with Crippen molar-refractivity contribution in [2.45, 2.75) is 10.9 Å². The van der Waals surface area contributed by atoms with Gasteiger partial charge in [-0.25, -0.2) is 22.7 Å². The number of carbonyl (C=O) groups is 2. The van der Waals surface area contributed by atoms with Crippen LogP contribution in [0.2, 0.25) is 0 Å². The van der Waals surface area contributed by atoms with Gasteiger partial charge in [-0.05, 0) is 72.8 Å². The third kappa shape index (κ3) is 12.4. The van der Waals surface area contributed by atoms with E-state index >= 15 is 0 Å². The molecule has 70 heavy (non-hydrogen) atoms. The summed E-state index contributed by atoms with van der Waals surface area (Å²) >= 11 is 2.39. The van der Waals surface area contributed by atoms with Crippen LogP contribution in [0.15, 0.2) is 126 Å². The average molecular weight is 1000 g/mol. The van der Waals surface area contributed by atoms with E-state index in [9.17, 15) is 18.0 Å². The van der Waals surface area contributed by atoms with Crippen LogP contribution in [-0.4, -0.2) is 128 Å². The highest BCUT2D eigenvalue weighted by Gasteiger charge is 2.24. The number of pyridine rings is 2. The number of thiazole rings is 2. The molecular weight excluding hydrogens is 951 g/mol. The van der Waals surface area contributed by atoms with E-state index < -0.39 is 15.9 Å². The summed E-state index contributed by atoms with van der Waals surface area (Å²) in [4.78, 5) is 48.3. The molecule has 8 N–H and O–H groups in total. The van der Waals surface area contributed by atoms with E-state index in [4.69, 9.17) is 15.6 Å². The number of allylic oxidation sites excluding steroid dienone is 2. The number of anilines is 6. The Hall–Kier alpha value is -7.41. The first-order valence-corrected chi connectivity index (χ1v) is 25.3.